The summed E-state index contributed by atoms with van der Waals surface area (Å²) in [5, 5.41) is 4.32. The van der Waals surface area contributed by atoms with Gasteiger partial charge in [-0.1, -0.05) is 5.16 Å². The summed E-state index contributed by atoms with van der Waals surface area (Å²) in [4.78, 5) is 7.58. The van der Waals surface area contributed by atoms with E-state index in [0.717, 1.165) is 24.4 Å². The SMILES string of the molecule is Cc1noc(C)c1S(=O)(=O)N1CCCN(Cc2cnc(N)s2)CC1.Cl. The Morgan fingerprint density at radius 3 is 2.64 bits per heavy atom. The standard InChI is InChI=1S/C14H21N5O3S2.ClH/c1-10-13(11(2)22-17-10)24(20,21)19-5-3-4-18(6-7-19)9-12-8-16-14(15)23-12;/h8H,3-7,9H2,1-2H3,(H2,15,16);1H. The lowest BCUT2D eigenvalue weighted by atomic mass is 10.4. The third-order valence-corrected chi connectivity index (χ3v) is 7.02. The molecule has 2 aromatic heterocycles. The molecule has 1 saturated heterocycles. The molecule has 1 aliphatic heterocycles. The molecule has 0 aromatic carbocycles. The normalized spacial score (nSPS) is 17.2. The van der Waals surface area contributed by atoms with Gasteiger partial charge in [0.05, 0.1) is 0 Å². The van der Waals surface area contributed by atoms with E-state index in [1.807, 2.05) is 0 Å². The number of rotatable bonds is 4. The Morgan fingerprint density at radius 1 is 1.28 bits per heavy atom. The fourth-order valence-electron chi connectivity index (χ4n) is 2.93. The first-order chi connectivity index (χ1) is 11.4. The fourth-order valence-corrected chi connectivity index (χ4v) is 5.42. The second kappa shape index (κ2) is 8.00. The maximum absolute atomic E-state index is 12.9. The highest BCUT2D eigenvalue weighted by Crippen LogP contribution is 2.25. The van der Waals surface area contributed by atoms with Gasteiger partial charge in [0, 0.05) is 37.3 Å². The predicted octanol–water partition coefficient (Wildman–Crippen LogP) is 1.65. The molecule has 1 fully saturated rings. The number of nitrogens with zero attached hydrogens (tertiary/aromatic N) is 4. The van der Waals surface area contributed by atoms with Crippen LogP contribution in [-0.4, -0.2) is 53.9 Å². The molecule has 1 aliphatic rings. The van der Waals surface area contributed by atoms with Crippen molar-refractivity contribution in [2.24, 2.45) is 0 Å². The number of nitrogens with two attached hydrogens (primary N) is 1. The fraction of sp³-hybridized carbons (Fsp3) is 0.571. The Morgan fingerprint density at radius 2 is 2.04 bits per heavy atom. The second-order valence-electron chi connectivity index (χ2n) is 5.85. The van der Waals surface area contributed by atoms with Gasteiger partial charge in [0.1, 0.15) is 10.6 Å². The zero-order valence-corrected chi connectivity index (χ0v) is 16.6. The average molecular weight is 408 g/mol. The largest absolute Gasteiger partial charge is 0.375 e. The van der Waals surface area contributed by atoms with E-state index in [9.17, 15) is 8.42 Å². The molecular weight excluding hydrogens is 386 g/mol. The minimum absolute atomic E-state index is 0. The quantitative estimate of drug-likeness (QED) is 0.821. The lowest BCUT2D eigenvalue weighted by Gasteiger charge is -2.21. The van der Waals surface area contributed by atoms with Gasteiger partial charge in [0.2, 0.25) is 10.0 Å². The third-order valence-electron chi connectivity index (χ3n) is 4.06. The summed E-state index contributed by atoms with van der Waals surface area (Å²) in [5.41, 5.74) is 6.07. The number of aromatic nitrogens is 2. The van der Waals surface area contributed by atoms with Gasteiger partial charge >= 0.3 is 0 Å². The van der Waals surface area contributed by atoms with Crippen molar-refractivity contribution in [1.29, 1.82) is 0 Å². The van der Waals surface area contributed by atoms with Crippen molar-refractivity contribution < 1.29 is 12.9 Å². The van der Waals surface area contributed by atoms with E-state index in [1.54, 1.807) is 20.0 Å². The van der Waals surface area contributed by atoms with Crippen LogP contribution in [0.4, 0.5) is 5.13 Å². The molecule has 3 heterocycles. The summed E-state index contributed by atoms with van der Waals surface area (Å²) in [7, 11) is -3.57. The van der Waals surface area contributed by atoms with Crippen LogP contribution in [0.15, 0.2) is 15.6 Å². The van der Waals surface area contributed by atoms with Crippen LogP contribution in [0.25, 0.3) is 0 Å². The Hall–Kier alpha value is -1.20. The molecule has 0 atom stereocenters. The van der Waals surface area contributed by atoms with Gasteiger partial charge in [0.15, 0.2) is 10.9 Å². The molecule has 0 aliphatic carbocycles. The monoisotopic (exact) mass is 407 g/mol. The summed E-state index contributed by atoms with van der Waals surface area (Å²) in [6.45, 7) is 6.47. The van der Waals surface area contributed by atoms with Crippen LogP contribution in [0.1, 0.15) is 22.8 Å². The van der Waals surface area contributed by atoms with E-state index < -0.39 is 10.0 Å². The summed E-state index contributed by atoms with van der Waals surface area (Å²) in [6, 6.07) is 0. The Kier molecular flexibility index (Phi) is 6.44. The topological polar surface area (TPSA) is 106 Å². The van der Waals surface area contributed by atoms with E-state index in [1.165, 1.54) is 15.6 Å². The molecule has 140 valence electrons. The van der Waals surface area contributed by atoms with Crippen molar-refractivity contribution in [2.75, 3.05) is 31.9 Å². The summed E-state index contributed by atoms with van der Waals surface area (Å²) < 4.78 is 32.3. The van der Waals surface area contributed by atoms with E-state index in [4.69, 9.17) is 10.3 Å². The van der Waals surface area contributed by atoms with E-state index in [2.05, 4.69) is 15.0 Å². The molecule has 0 unspecified atom stereocenters. The van der Waals surface area contributed by atoms with Crippen molar-refractivity contribution in [2.45, 2.75) is 31.7 Å². The minimum Gasteiger partial charge on any atom is -0.375 e. The van der Waals surface area contributed by atoms with Crippen molar-refractivity contribution in [1.82, 2.24) is 19.3 Å². The summed E-state index contributed by atoms with van der Waals surface area (Å²) in [5.74, 6) is 0.341. The number of aryl methyl sites for hydroxylation is 2. The van der Waals surface area contributed by atoms with Crippen LogP contribution < -0.4 is 5.73 Å². The van der Waals surface area contributed by atoms with Gasteiger partial charge in [-0.25, -0.2) is 13.4 Å². The average Bonchev–Trinajstić information content (AvgIpc) is 2.97. The first-order valence-corrected chi connectivity index (χ1v) is 9.99. The van der Waals surface area contributed by atoms with Crippen molar-refractivity contribution >= 4 is 38.9 Å². The molecule has 0 saturated carbocycles. The number of hydrogen-bond donors (Lipinski definition) is 1. The van der Waals surface area contributed by atoms with E-state index >= 15 is 0 Å². The van der Waals surface area contributed by atoms with Gasteiger partial charge < -0.3 is 10.3 Å². The molecule has 0 bridgehead atoms. The number of hydrogen-bond acceptors (Lipinski definition) is 8. The zero-order valence-electron chi connectivity index (χ0n) is 14.1. The van der Waals surface area contributed by atoms with Crippen molar-refractivity contribution in [3.63, 3.8) is 0 Å². The van der Waals surface area contributed by atoms with Crippen LogP contribution in [0.3, 0.4) is 0 Å². The Labute approximate surface area is 157 Å². The van der Waals surface area contributed by atoms with Gasteiger partial charge in [-0.2, -0.15) is 4.31 Å². The van der Waals surface area contributed by atoms with E-state index in [0.29, 0.717) is 36.2 Å². The highest BCUT2D eigenvalue weighted by Gasteiger charge is 2.32. The summed E-state index contributed by atoms with van der Waals surface area (Å²) in [6.07, 6.45) is 2.56. The molecule has 0 radical (unpaired) electrons. The predicted molar refractivity (Wildman–Crippen MR) is 98.4 cm³/mol. The molecule has 25 heavy (non-hydrogen) atoms. The van der Waals surface area contributed by atoms with Crippen molar-refractivity contribution in [3.05, 3.63) is 22.5 Å². The molecule has 0 amide bonds. The van der Waals surface area contributed by atoms with Crippen LogP contribution in [-0.2, 0) is 16.6 Å². The van der Waals surface area contributed by atoms with Gasteiger partial charge in [-0.05, 0) is 26.8 Å². The Bertz CT molecular complexity index is 801. The number of sulfonamides is 1. The zero-order chi connectivity index (χ0) is 17.3. The molecular formula is C14H22ClN5O3S2. The van der Waals surface area contributed by atoms with E-state index in [-0.39, 0.29) is 17.3 Å². The molecule has 2 aromatic rings. The van der Waals surface area contributed by atoms with Crippen LogP contribution in [0, 0.1) is 13.8 Å². The maximum atomic E-state index is 12.9. The van der Waals surface area contributed by atoms with Crippen LogP contribution in [0.5, 0.6) is 0 Å². The van der Waals surface area contributed by atoms with Gasteiger partial charge in [0.25, 0.3) is 0 Å². The number of thiazole rings is 1. The summed E-state index contributed by atoms with van der Waals surface area (Å²) >= 11 is 1.47. The number of nitrogen functional groups attached to an aromatic ring is 1. The highest BCUT2D eigenvalue weighted by atomic mass is 35.5. The lowest BCUT2D eigenvalue weighted by molar-refractivity contribution is 0.281. The second-order valence-corrected chi connectivity index (χ2v) is 8.87. The lowest BCUT2D eigenvalue weighted by Crippen LogP contribution is -2.35. The van der Waals surface area contributed by atoms with Crippen LogP contribution in [0.2, 0.25) is 0 Å². The van der Waals surface area contributed by atoms with Gasteiger partial charge in [-0.3, -0.25) is 4.90 Å². The molecule has 11 heteroatoms. The third kappa shape index (κ3) is 4.32. The smallest absolute Gasteiger partial charge is 0.248 e. The molecule has 2 N–H and O–H groups in total. The molecule has 0 spiro atoms. The maximum Gasteiger partial charge on any atom is 0.248 e. The first kappa shape index (κ1) is 20.1. The Balaban J connectivity index is 0.00000225. The number of halogens is 1. The number of anilines is 1. The highest BCUT2D eigenvalue weighted by molar-refractivity contribution is 7.89. The van der Waals surface area contributed by atoms with Gasteiger partial charge in [-0.15, -0.1) is 23.7 Å². The van der Waals surface area contributed by atoms with Crippen molar-refractivity contribution in [3.8, 4) is 0 Å². The first-order valence-electron chi connectivity index (χ1n) is 7.73. The molecule has 3 rings (SSSR count). The minimum atomic E-state index is -3.57. The molecule has 8 nitrogen and oxygen atoms in total. The van der Waals surface area contributed by atoms with Crippen LogP contribution >= 0.6 is 23.7 Å².